The average molecular weight is 134 g/mol. The van der Waals surface area contributed by atoms with E-state index in [0.717, 1.165) is 4.58 Å². The quantitative estimate of drug-likeness (QED) is 0.568. The summed E-state index contributed by atoms with van der Waals surface area (Å²) < 4.78 is 0.963. The lowest BCUT2D eigenvalue weighted by molar-refractivity contribution is 1.01. The largest absolute Gasteiger partial charge is 0.148 e. The van der Waals surface area contributed by atoms with Gasteiger partial charge in [-0.1, -0.05) is 6.92 Å². The molecule has 0 aromatic rings. The second kappa shape index (κ2) is 2.88. The van der Waals surface area contributed by atoms with Crippen LogP contribution in [0.3, 0.4) is 0 Å². The average Bonchev–Trinajstić information content (AvgIpc) is 1.55. The predicted molar refractivity (Wildman–Crippen MR) is 39.0 cm³/mol. The zero-order valence-electron chi connectivity index (χ0n) is 4.52. The molecule has 1 aliphatic heterocycles. The number of rotatable bonds is 2. The standard InChI is InChI=1S/C5H10S2/c1-2-6-5-3-4-7-5/h5H,2-4H2,1H3. The molecule has 7 heavy (non-hydrogen) atoms. The van der Waals surface area contributed by atoms with Gasteiger partial charge in [-0.05, 0) is 17.9 Å². The molecular formula is C5H10S2. The minimum absolute atomic E-state index is 0.963. The van der Waals surface area contributed by atoms with Crippen molar-refractivity contribution in [2.24, 2.45) is 0 Å². The van der Waals surface area contributed by atoms with E-state index < -0.39 is 0 Å². The van der Waals surface area contributed by atoms with Gasteiger partial charge in [-0.3, -0.25) is 0 Å². The Hall–Kier alpha value is 0.700. The Morgan fingerprint density at radius 1 is 1.86 bits per heavy atom. The van der Waals surface area contributed by atoms with Gasteiger partial charge in [-0.25, -0.2) is 0 Å². The van der Waals surface area contributed by atoms with Gasteiger partial charge < -0.3 is 0 Å². The fourth-order valence-corrected chi connectivity index (χ4v) is 2.87. The van der Waals surface area contributed by atoms with Crippen molar-refractivity contribution in [2.75, 3.05) is 11.5 Å². The lowest BCUT2D eigenvalue weighted by atomic mass is 10.5. The van der Waals surface area contributed by atoms with Gasteiger partial charge >= 0.3 is 0 Å². The Morgan fingerprint density at radius 3 is 2.71 bits per heavy atom. The molecule has 42 valence electrons. The molecule has 1 rings (SSSR count). The molecule has 1 heterocycles. The van der Waals surface area contributed by atoms with E-state index in [1.807, 2.05) is 0 Å². The minimum Gasteiger partial charge on any atom is -0.148 e. The van der Waals surface area contributed by atoms with Crippen molar-refractivity contribution < 1.29 is 0 Å². The summed E-state index contributed by atoms with van der Waals surface area (Å²) in [4.78, 5) is 0. The third kappa shape index (κ3) is 1.57. The van der Waals surface area contributed by atoms with Gasteiger partial charge in [0.25, 0.3) is 0 Å². The molecule has 0 N–H and O–H groups in total. The molecule has 1 atom stereocenters. The first-order chi connectivity index (χ1) is 3.43. The van der Waals surface area contributed by atoms with Crippen LogP contribution in [0.25, 0.3) is 0 Å². The molecule has 0 spiro atoms. The molecule has 1 aliphatic rings. The monoisotopic (exact) mass is 134 g/mol. The second-order valence-electron chi connectivity index (χ2n) is 1.54. The van der Waals surface area contributed by atoms with Crippen LogP contribution in [0.5, 0.6) is 0 Å². The van der Waals surface area contributed by atoms with E-state index >= 15 is 0 Å². The summed E-state index contributed by atoms with van der Waals surface area (Å²) in [5.41, 5.74) is 0. The molecule has 2 heteroatoms. The molecule has 0 bridgehead atoms. The van der Waals surface area contributed by atoms with Crippen LogP contribution in [0.2, 0.25) is 0 Å². The Morgan fingerprint density at radius 2 is 2.57 bits per heavy atom. The molecule has 1 saturated heterocycles. The maximum atomic E-state index is 2.23. The van der Waals surface area contributed by atoms with Crippen molar-refractivity contribution in [3.8, 4) is 0 Å². The van der Waals surface area contributed by atoms with Crippen molar-refractivity contribution in [2.45, 2.75) is 17.9 Å². The van der Waals surface area contributed by atoms with Gasteiger partial charge in [0.2, 0.25) is 0 Å². The molecule has 1 fully saturated rings. The maximum absolute atomic E-state index is 2.23. The van der Waals surface area contributed by atoms with E-state index in [1.165, 1.54) is 17.9 Å². The minimum atomic E-state index is 0.963. The van der Waals surface area contributed by atoms with Crippen LogP contribution in [0, 0.1) is 0 Å². The predicted octanol–water partition coefficient (Wildman–Crippen LogP) is 2.20. The summed E-state index contributed by atoms with van der Waals surface area (Å²) in [6, 6.07) is 0. The van der Waals surface area contributed by atoms with Crippen LogP contribution >= 0.6 is 23.5 Å². The number of hydrogen-bond acceptors (Lipinski definition) is 2. The zero-order valence-corrected chi connectivity index (χ0v) is 6.15. The highest BCUT2D eigenvalue weighted by Crippen LogP contribution is 2.36. The highest BCUT2D eigenvalue weighted by atomic mass is 32.2. The van der Waals surface area contributed by atoms with Crippen LogP contribution in [0.4, 0.5) is 0 Å². The number of thioether (sulfide) groups is 2. The highest BCUT2D eigenvalue weighted by molar-refractivity contribution is 8.18. The first-order valence-corrected chi connectivity index (χ1v) is 4.76. The molecule has 0 nitrogen and oxygen atoms in total. The normalized spacial score (nSPS) is 29.6. The lowest BCUT2D eigenvalue weighted by Gasteiger charge is -2.22. The SMILES string of the molecule is CCSC1CCS1. The Labute approximate surface area is 53.4 Å². The Balaban J connectivity index is 1.93. The van der Waals surface area contributed by atoms with Crippen LogP contribution in [0.15, 0.2) is 0 Å². The molecule has 0 amide bonds. The fourth-order valence-electron chi connectivity index (χ4n) is 0.531. The second-order valence-corrected chi connectivity index (χ2v) is 4.63. The summed E-state index contributed by atoms with van der Waals surface area (Å²) in [7, 11) is 0. The summed E-state index contributed by atoms with van der Waals surface area (Å²) in [6.07, 6.45) is 1.45. The van der Waals surface area contributed by atoms with Crippen molar-refractivity contribution >= 4 is 23.5 Å². The first kappa shape index (κ1) is 5.83. The van der Waals surface area contributed by atoms with Gasteiger partial charge in [-0.15, -0.1) is 23.5 Å². The summed E-state index contributed by atoms with van der Waals surface area (Å²) in [5.74, 6) is 2.69. The van der Waals surface area contributed by atoms with Crippen LogP contribution in [-0.4, -0.2) is 16.1 Å². The fraction of sp³-hybridized carbons (Fsp3) is 1.00. The van der Waals surface area contributed by atoms with Gasteiger partial charge in [0.15, 0.2) is 0 Å². The summed E-state index contributed by atoms with van der Waals surface area (Å²) in [6.45, 7) is 2.23. The third-order valence-corrected chi connectivity index (χ3v) is 3.85. The summed E-state index contributed by atoms with van der Waals surface area (Å²) >= 11 is 4.17. The van der Waals surface area contributed by atoms with Crippen molar-refractivity contribution in [1.29, 1.82) is 0 Å². The van der Waals surface area contributed by atoms with Crippen LogP contribution in [-0.2, 0) is 0 Å². The van der Waals surface area contributed by atoms with E-state index in [2.05, 4.69) is 30.4 Å². The third-order valence-electron chi connectivity index (χ3n) is 1.01. The van der Waals surface area contributed by atoms with Crippen LogP contribution in [0.1, 0.15) is 13.3 Å². The Bertz CT molecular complexity index is 50.0. The van der Waals surface area contributed by atoms with Crippen molar-refractivity contribution in [1.82, 2.24) is 0 Å². The smallest absolute Gasteiger partial charge is 0.0510 e. The Kier molecular flexibility index (Phi) is 2.40. The van der Waals surface area contributed by atoms with E-state index in [9.17, 15) is 0 Å². The van der Waals surface area contributed by atoms with Crippen molar-refractivity contribution in [3.63, 3.8) is 0 Å². The molecule has 0 radical (unpaired) electrons. The number of hydrogen-bond donors (Lipinski definition) is 0. The van der Waals surface area contributed by atoms with Gasteiger partial charge in [-0.2, -0.15) is 0 Å². The molecule has 1 unspecified atom stereocenters. The molecule has 0 aromatic heterocycles. The topological polar surface area (TPSA) is 0 Å². The maximum Gasteiger partial charge on any atom is 0.0510 e. The van der Waals surface area contributed by atoms with Crippen molar-refractivity contribution in [3.05, 3.63) is 0 Å². The molecule has 0 aliphatic carbocycles. The van der Waals surface area contributed by atoms with Gasteiger partial charge in [0.1, 0.15) is 0 Å². The van der Waals surface area contributed by atoms with E-state index in [0.29, 0.717) is 0 Å². The zero-order chi connectivity index (χ0) is 5.11. The van der Waals surface area contributed by atoms with E-state index in [-0.39, 0.29) is 0 Å². The molecular weight excluding hydrogens is 124 g/mol. The highest BCUT2D eigenvalue weighted by Gasteiger charge is 2.16. The van der Waals surface area contributed by atoms with E-state index in [4.69, 9.17) is 0 Å². The summed E-state index contributed by atoms with van der Waals surface area (Å²) in [5, 5.41) is 0. The molecule has 0 aromatic carbocycles. The lowest BCUT2D eigenvalue weighted by Crippen LogP contribution is -2.10. The first-order valence-electron chi connectivity index (χ1n) is 2.66. The van der Waals surface area contributed by atoms with Gasteiger partial charge in [0.05, 0.1) is 4.58 Å². The van der Waals surface area contributed by atoms with Gasteiger partial charge in [0, 0.05) is 0 Å². The molecule has 0 saturated carbocycles. The van der Waals surface area contributed by atoms with E-state index in [1.54, 1.807) is 0 Å². The van der Waals surface area contributed by atoms with Crippen LogP contribution < -0.4 is 0 Å².